The summed E-state index contributed by atoms with van der Waals surface area (Å²) < 4.78 is 4.46. The molecule has 1 atom stereocenters. The fraction of sp³-hybridized carbons (Fsp3) is 0.333. The van der Waals surface area contributed by atoms with Gasteiger partial charge in [0.05, 0.1) is 9.40 Å². The van der Waals surface area contributed by atoms with E-state index in [1.54, 1.807) is 5.56 Å². The van der Waals surface area contributed by atoms with Crippen molar-refractivity contribution < 1.29 is 0 Å². The molecule has 0 bridgehead atoms. The van der Waals surface area contributed by atoms with Gasteiger partial charge in [-0.3, -0.25) is 0 Å². The number of aryl methyl sites for hydroxylation is 4. The van der Waals surface area contributed by atoms with Gasteiger partial charge in [-0.15, -0.1) is 22.7 Å². The molecule has 3 heteroatoms. The smallest absolute Gasteiger partial charge is 0.0539 e. The van der Waals surface area contributed by atoms with Gasteiger partial charge in [-0.1, -0.05) is 106 Å². The number of benzene rings is 4. The van der Waals surface area contributed by atoms with Crippen molar-refractivity contribution in [1.29, 1.82) is 0 Å². The lowest BCUT2D eigenvalue weighted by Gasteiger charge is -2.16. The zero-order valence-electron chi connectivity index (χ0n) is 25.3. The molecule has 2 heterocycles. The van der Waals surface area contributed by atoms with E-state index < -0.39 is 0 Å². The Balaban J connectivity index is 1.12. The van der Waals surface area contributed by atoms with Gasteiger partial charge < -0.3 is 0 Å². The third-order valence-corrected chi connectivity index (χ3v) is 12.8. The van der Waals surface area contributed by atoms with Gasteiger partial charge in [0.1, 0.15) is 0 Å². The Bertz CT molecular complexity index is 1880. The molecule has 1 unspecified atom stereocenters. The minimum Gasteiger partial charge on any atom is -0.133 e. The first-order valence-corrected chi connectivity index (χ1v) is 18.1. The van der Waals surface area contributed by atoms with E-state index in [-0.39, 0.29) is 0 Å². The number of fused-ring (bicyclic) bond motifs is 9. The summed E-state index contributed by atoms with van der Waals surface area (Å²) >= 11 is 5.93. The molecule has 1 aliphatic carbocycles. The lowest BCUT2D eigenvalue weighted by atomic mass is 9.90. The molecule has 42 heavy (non-hydrogen) atoms. The van der Waals surface area contributed by atoms with Crippen LogP contribution in [0.3, 0.4) is 0 Å². The molecule has 0 fully saturated rings. The van der Waals surface area contributed by atoms with E-state index in [0.717, 1.165) is 24.7 Å². The van der Waals surface area contributed by atoms with Gasteiger partial charge in [-0.05, 0) is 96.3 Å². The molecule has 1 aliphatic rings. The van der Waals surface area contributed by atoms with Crippen LogP contribution in [0, 0.1) is 18.8 Å². The van der Waals surface area contributed by atoms with Crippen LogP contribution >= 0.6 is 34.4 Å². The summed E-state index contributed by atoms with van der Waals surface area (Å²) in [6.45, 7) is 9.30. The molecule has 4 aromatic carbocycles. The van der Waals surface area contributed by atoms with Crippen molar-refractivity contribution in [3.63, 3.8) is 0 Å². The predicted octanol–water partition coefficient (Wildman–Crippen LogP) is 12.9. The summed E-state index contributed by atoms with van der Waals surface area (Å²) in [6.07, 6.45) is 8.88. The van der Waals surface area contributed by atoms with Crippen LogP contribution in [0.4, 0.5) is 0 Å². The largest absolute Gasteiger partial charge is 0.133 e. The monoisotopic (exact) mass is 604 g/mol. The minimum absolute atomic E-state index is 0.810. The van der Waals surface area contributed by atoms with E-state index in [1.165, 1.54) is 99.3 Å². The Morgan fingerprint density at radius 1 is 0.714 bits per heavy atom. The summed E-state index contributed by atoms with van der Waals surface area (Å²) in [7, 11) is 0. The quantitative estimate of drug-likeness (QED) is 0.158. The van der Waals surface area contributed by atoms with E-state index in [9.17, 15) is 0 Å². The summed E-state index contributed by atoms with van der Waals surface area (Å²) in [5.41, 5.74) is 7.39. The van der Waals surface area contributed by atoms with Crippen LogP contribution in [-0.2, 0) is 19.3 Å². The maximum atomic E-state index is 2.43. The molecular weight excluding hydrogens is 565 g/mol. The molecule has 2 aromatic heterocycles. The predicted molar refractivity (Wildman–Crippen MR) is 189 cm³/mol. The van der Waals surface area contributed by atoms with Crippen molar-refractivity contribution in [2.75, 3.05) is 0 Å². The lowest BCUT2D eigenvalue weighted by Crippen LogP contribution is -2.01. The third-order valence-electron chi connectivity index (χ3n) is 9.07. The molecule has 0 aliphatic heterocycles. The van der Waals surface area contributed by atoms with Crippen molar-refractivity contribution in [3.05, 3.63) is 95.1 Å². The summed E-state index contributed by atoms with van der Waals surface area (Å²) in [5.74, 6) is 1.64. The molecule has 214 valence electrons. The fourth-order valence-corrected chi connectivity index (χ4v) is 10.4. The summed E-state index contributed by atoms with van der Waals surface area (Å²) in [6, 6.07) is 28.1. The van der Waals surface area contributed by atoms with Gasteiger partial charge in [0.2, 0.25) is 0 Å². The Hall–Kier alpha value is -2.59. The van der Waals surface area contributed by atoms with Crippen molar-refractivity contribution in [1.82, 2.24) is 0 Å². The Morgan fingerprint density at radius 2 is 1.52 bits per heavy atom. The Labute approximate surface area is 263 Å². The highest BCUT2D eigenvalue weighted by molar-refractivity contribution is 7.99. The van der Waals surface area contributed by atoms with Crippen LogP contribution in [0.5, 0.6) is 0 Å². The van der Waals surface area contributed by atoms with Gasteiger partial charge >= 0.3 is 0 Å². The standard InChI is InChI=1S/C39H40S3/c1-24(2)6-5-7-25(3)8-10-27-11-17-30(18-12-27)40-31-19-14-29-16-21-33-37(35(29)23-31)42-38-32-20-15-28-13-9-26(4)22-34(28)36(32)41-39(33)38/h9,11-14,16-19,21-25H,5-8,10,15,20H2,1-4H3. The van der Waals surface area contributed by atoms with Crippen LogP contribution < -0.4 is 0 Å². The third kappa shape index (κ3) is 5.56. The van der Waals surface area contributed by atoms with E-state index in [4.69, 9.17) is 0 Å². The molecule has 0 spiro atoms. The zero-order chi connectivity index (χ0) is 28.8. The second-order valence-electron chi connectivity index (χ2n) is 12.9. The average Bonchev–Trinajstić information content (AvgIpc) is 3.53. The van der Waals surface area contributed by atoms with Gasteiger partial charge in [0.25, 0.3) is 0 Å². The topological polar surface area (TPSA) is 0 Å². The van der Waals surface area contributed by atoms with Crippen LogP contribution in [0.25, 0.3) is 40.7 Å². The second kappa shape index (κ2) is 11.8. The van der Waals surface area contributed by atoms with Crippen molar-refractivity contribution >= 4 is 64.7 Å². The number of hydrogen-bond acceptors (Lipinski definition) is 3. The van der Waals surface area contributed by atoms with E-state index in [2.05, 4.69) is 100 Å². The van der Waals surface area contributed by atoms with Gasteiger partial charge in [-0.2, -0.15) is 0 Å². The fourth-order valence-electron chi connectivity index (χ4n) is 6.58. The van der Waals surface area contributed by atoms with Gasteiger partial charge in [0, 0.05) is 30.1 Å². The molecule has 6 aromatic rings. The molecule has 0 N–H and O–H groups in total. The first-order chi connectivity index (χ1) is 20.4. The van der Waals surface area contributed by atoms with Crippen LogP contribution in [0.2, 0.25) is 0 Å². The SMILES string of the molecule is Cc1ccc2c(c1)-c1sc3c(sc4c5cc(Sc6ccc(CCC(C)CCCC(C)C)cc6)ccc5ccc34)c1CC2. The second-order valence-corrected chi connectivity index (χ2v) is 16.1. The average molecular weight is 605 g/mol. The first kappa shape index (κ1) is 28.2. The van der Waals surface area contributed by atoms with Gasteiger partial charge in [0.15, 0.2) is 0 Å². The van der Waals surface area contributed by atoms with E-state index in [0.29, 0.717) is 0 Å². The molecule has 0 amide bonds. The highest BCUT2D eigenvalue weighted by atomic mass is 32.2. The van der Waals surface area contributed by atoms with Crippen LogP contribution in [-0.4, -0.2) is 0 Å². The molecule has 0 nitrogen and oxygen atoms in total. The summed E-state index contributed by atoms with van der Waals surface area (Å²) in [4.78, 5) is 4.16. The van der Waals surface area contributed by atoms with Crippen LogP contribution in [0.1, 0.15) is 68.7 Å². The number of rotatable bonds is 9. The Kier molecular flexibility index (Phi) is 7.94. The molecular formula is C39H40S3. The van der Waals surface area contributed by atoms with E-state index in [1.807, 2.05) is 34.4 Å². The first-order valence-electron chi connectivity index (χ1n) is 15.7. The normalized spacial score (nSPS) is 13.7. The van der Waals surface area contributed by atoms with Crippen LogP contribution in [0.15, 0.2) is 82.6 Å². The maximum Gasteiger partial charge on any atom is 0.0539 e. The molecule has 0 radical (unpaired) electrons. The molecule has 0 saturated carbocycles. The Morgan fingerprint density at radius 3 is 2.36 bits per heavy atom. The summed E-state index contributed by atoms with van der Waals surface area (Å²) in [5, 5.41) is 4.17. The maximum absolute atomic E-state index is 2.43. The van der Waals surface area contributed by atoms with Crippen molar-refractivity contribution in [2.24, 2.45) is 11.8 Å². The van der Waals surface area contributed by atoms with E-state index >= 15 is 0 Å². The molecule has 0 saturated heterocycles. The molecule has 7 rings (SSSR count). The van der Waals surface area contributed by atoms with Crippen molar-refractivity contribution in [2.45, 2.75) is 82.4 Å². The number of thiophene rings is 2. The zero-order valence-corrected chi connectivity index (χ0v) is 27.7. The number of hydrogen-bond donors (Lipinski definition) is 0. The lowest BCUT2D eigenvalue weighted by molar-refractivity contribution is 0.437. The highest BCUT2D eigenvalue weighted by Gasteiger charge is 2.24. The highest BCUT2D eigenvalue weighted by Crippen LogP contribution is 2.51. The van der Waals surface area contributed by atoms with Gasteiger partial charge in [-0.25, -0.2) is 0 Å². The van der Waals surface area contributed by atoms with Crippen molar-refractivity contribution in [3.8, 4) is 10.4 Å². The minimum atomic E-state index is 0.810.